The number of fused-ring (bicyclic) bond motifs is 2. The number of rotatable bonds is 5. The number of esters is 1. The van der Waals surface area contributed by atoms with Crippen LogP contribution in [0.1, 0.15) is 72.1 Å². The van der Waals surface area contributed by atoms with E-state index in [1.54, 1.807) is 0 Å². The van der Waals surface area contributed by atoms with E-state index in [1.807, 2.05) is 13.8 Å². The Bertz CT molecular complexity index is 877. The second-order valence-electron chi connectivity index (χ2n) is 10.3. The van der Waals surface area contributed by atoms with Crippen LogP contribution >= 0.6 is 0 Å². The molecule has 6 aliphatic rings. The molecule has 1 aliphatic carbocycles. The number of nitrogens with zero attached hydrogens (tertiary/aromatic N) is 1. The highest BCUT2D eigenvalue weighted by atomic mass is 17.3. The van der Waals surface area contributed by atoms with Gasteiger partial charge in [-0.3, -0.25) is 14.4 Å². The monoisotopic (exact) mass is 481 g/mol. The number of ether oxygens (including phenoxy) is 3. The molecule has 0 aromatic heterocycles. The van der Waals surface area contributed by atoms with Crippen LogP contribution in [0.25, 0.3) is 0 Å². The lowest BCUT2D eigenvalue weighted by atomic mass is 9.58. The van der Waals surface area contributed by atoms with Crippen LogP contribution in [0, 0.1) is 23.7 Å². The maximum atomic E-state index is 12.5. The van der Waals surface area contributed by atoms with Gasteiger partial charge in [0.05, 0.1) is 12.8 Å². The quantitative estimate of drug-likeness (QED) is 0.327. The highest BCUT2D eigenvalue weighted by molar-refractivity contribution is 6.01. The van der Waals surface area contributed by atoms with Crippen LogP contribution in [0.5, 0.6) is 0 Å². The molecule has 8 atom stereocenters. The van der Waals surface area contributed by atoms with Crippen LogP contribution in [0.15, 0.2) is 0 Å². The molecule has 34 heavy (non-hydrogen) atoms. The van der Waals surface area contributed by atoms with E-state index in [0.29, 0.717) is 17.4 Å². The zero-order valence-corrected chi connectivity index (χ0v) is 19.7. The van der Waals surface area contributed by atoms with Crippen molar-refractivity contribution in [2.24, 2.45) is 23.7 Å². The Labute approximate surface area is 197 Å². The topological polar surface area (TPSA) is 127 Å². The lowest BCUT2D eigenvalue weighted by Gasteiger charge is -2.59. The average Bonchev–Trinajstić information content (AvgIpc) is 2.95. The number of hydroxylamine groups is 2. The van der Waals surface area contributed by atoms with Crippen LogP contribution in [0.3, 0.4) is 0 Å². The van der Waals surface area contributed by atoms with Gasteiger partial charge in [-0.1, -0.05) is 13.8 Å². The SMILES string of the molecule is C[C@H]1[C@H](OC(=O)CCC(=O)ON2C(=O)CCC2=O)O[C@@H]2OC3(C)CC[C@H]4[C@H](C)CC[C@@H]1C24OO3. The number of hydrogen-bond acceptors (Lipinski definition) is 10. The molecular weight excluding hydrogens is 450 g/mol. The van der Waals surface area contributed by atoms with Gasteiger partial charge in [-0.2, -0.15) is 0 Å². The molecule has 188 valence electrons. The summed E-state index contributed by atoms with van der Waals surface area (Å²) in [5.74, 6) is -3.14. The van der Waals surface area contributed by atoms with Gasteiger partial charge in [-0.15, -0.1) is 5.06 Å². The normalized spacial score (nSPS) is 43.3. The standard InChI is InChI=1S/C23H31NO10/c1-12-4-5-15-13(2)20(30-21-23(15)14(12)10-11-22(3,31-21)33-34-23)29-18(27)8-9-19(28)32-24-16(25)6-7-17(24)26/h12-15,20-21H,4-11H2,1-3H3/t12-,13-,14+,15+,20-,21-,22?,23?/m1/s1. The van der Waals surface area contributed by atoms with Gasteiger partial charge in [0, 0.05) is 31.1 Å². The Morgan fingerprint density at radius 1 is 1.00 bits per heavy atom. The Morgan fingerprint density at radius 3 is 2.44 bits per heavy atom. The first-order valence-corrected chi connectivity index (χ1v) is 12.1. The fourth-order valence-electron chi connectivity index (χ4n) is 6.20. The van der Waals surface area contributed by atoms with E-state index in [1.165, 1.54) is 0 Å². The summed E-state index contributed by atoms with van der Waals surface area (Å²) in [6, 6.07) is 0. The van der Waals surface area contributed by atoms with Crippen molar-refractivity contribution in [3.63, 3.8) is 0 Å². The summed E-state index contributed by atoms with van der Waals surface area (Å²) < 4.78 is 18.0. The number of hydrogen-bond donors (Lipinski definition) is 0. The van der Waals surface area contributed by atoms with Gasteiger partial charge >= 0.3 is 11.9 Å². The largest absolute Gasteiger partial charge is 0.435 e. The molecule has 6 rings (SSSR count). The molecule has 5 aliphatic heterocycles. The summed E-state index contributed by atoms with van der Waals surface area (Å²) in [5.41, 5.74) is -0.755. The van der Waals surface area contributed by atoms with Crippen LogP contribution < -0.4 is 0 Å². The average molecular weight is 481 g/mol. The number of imide groups is 1. The number of carbonyl (C=O) groups is 4. The Hall–Kier alpha value is -2.08. The van der Waals surface area contributed by atoms with Crippen molar-refractivity contribution in [1.29, 1.82) is 0 Å². The molecule has 5 saturated heterocycles. The Balaban J connectivity index is 1.23. The molecule has 0 aromatic carbocycles. The van der Waals surface area contributed by atoms with Crippen LogP contribution in [0.4, 0.5) is 0 Å². The van der Waals surface area contributed by atoms with Crippen LogP contribution in [-0.2, 0) is 48.0 Å². The predicted octanol–water partition coefficient (Wildman–Crippen LogP) is 2.12. The third kappa shape index (κ3) is 3.82. The minimum absolute atomic E-state index is 0.00436. The molecule has 0 aromatic rings. The third-order valence-corrected chi connectivity index (χ3v) is 8.08. The molecule has 0 N–H and O–H groups in total. The second-order valence-corrected chi connectivity index (χ2v) is 10.3. The van der Waals surface area contributed by atoms with E-state index in [0.717, 1.165) is 19.3 Å². The van der Waals surface area contributed by atoms with E-state index in [2.05, 4.69) is 6.92 Å². The summed E-state index contributed by atoms with van der Waals surface area (Å²) in [6.45, 7) is 6.00. The summed E-state index contributed by atoms with van der Waals surface area (Å²) in [4.78, 5) is 64.3. The molecule has 2 bridgehead atoms. The van der Waals surface area contributed by atoms with E-state index < -0.39 is 47.7 Å². The summed E-state index contributed by atoms with van der Waals surface area (Å²) in [6.07, 6.45) is 1.25. The smallest absolute Gasteiger partial charge is 0.333 e. The molecule has 2 amide bonds. The third-order valence-electron chi connectivity index (χ3n) is 8.08. The van der Waals surface area contributed by atoms with Gasteiger partial charge in [0.25, 0.3) is 11.8 Å². The number of carbonyl (C=O) groups excluding carboxylic acids is 4. The Morgan fingerprint density at radius 2 is 1.71 bits per heavy atom. The van der Waals surface area contributed by atoms with Crippen molar-refractivity contribution in [1.82, 2.24) is 5.06 Å². The van der Waals surface area contributed by atoms with Crippen molar-refractivity contribution in [2.45, 2.75) is 96.1 Å². The minimum Gasteiger partial charge on any atom is -0.435 e. The lowest BCUT2D eigenvalue weighted by molar-refractivity contribution is -0.576. The van der Waals surface area contributed by atoms with E-state index >= 15 is 0 Å². The van der Waals surface area contributed by atoms with Gasteiger partial charge in [-0.05, 0) is 38.0 Å². The van der Waals surface area contributed by atoms with Crippen molar-refractivity contribution in [3.05, 3.63) is 0 Å². The molecule has 5 heterocycles. The predicted molar refractivity (Wildman–Crippen MR) is 109 cm³/mol. The first-order chi connectivity index (χ1) is 16.1. The second kappa shape index (κ2) is 8.54. The van der Waals surface area contributed by atoms with Crippen LogP contribution in [-0.4, -0.2) is 52.8 Å². The van der Waals surface area contributed by atoms with E-state index in [4.69, 9.17) is 28.8 Å². The molecule has 0 radical (unpaired) electrons. The van der Waals surface area contributed by atoms with Crippen molar-refractivity contribution >= 4 is 23.8 Å². The molecule has 6 fully saturated rings. The van der Waals surface area contributed by atoms with Gasteiger partial charge in [0.1, 0.15) is 0 Å². The van der Waals surface area contributed by atoms with E-state index in [9.17, 15) is 19.2 Å². The Kier molecular flexibility index (Phi) is 5.94. The van der Waals surface area contributed by atoms with Gasteiger partial charge < -0.3 is 19.0 Å². The zero-order valence-electron chi connectivity index (χ0n) is 19.7. The highest BCUT2D eigenvalue weighted by Gasteiger charge is 2.69. The number of amides is 2. The maximum Gasteiger partial charge on any atom is 0.333 e. The fourth-order valence-corrected chi connectivity index (χ4v) is 6.20. The minimum atomic E-state index is -0.930. The molecule has 11 nitrogen and oxygen atoms in total. The van der Waals surface area contributed by atoms with Gasteiger partial charge in [0.15, 0.2) is 11.9 Å². The van der Waals surface area contributed by atoms with Crippen LogP contribution in [0.2, 0.25) is 0 Å². The maximum absolute atomic E-state index is 12.5. The summed E-state index contributed by atoms with van der Waals surface area (Å²) >= 11 is 0. The van der Waals surface area contributed by atoms with E-state index in [-0.39, 0.29) is 43.4 Å². The van der Waals surface area contributed by atoms with Crippen molar-refractivity contribution < 1.29 is 48.0 Å². The zero-order chi connectivity index (χ0) is 24.3. The summed E-state index contributed by atoms with van der Waals surface area (Å²) in [5, 5.41) is 0.459. The molecule has 2 unspecified atom stereocenters. The summed E-state index contributed by atoms with van der Waals surface area (Å²) in [7, 11) is 0. The van der Waals surface area contributed by atoms with Gasteiger partial charge in [0.2, 0.25) is 12.1 Å². The first-order valence-electron chi connectivity index (χ1n) is 12.1. The fraction of sp³-hybridized carbons (Fsp3) is 0.826. The lowest BCUT2D eigenvalue weighted by Crippen LogP contribution is -2.70. The highest BCUT2D eigenvalue weighted by Crippen LogP contribution is 2.60. The molecular formula is C23H31NO10. The molecule has 11 heteroatoms. The molecule has 1 saturated carbocycles. The van der Waals surface area contributed by atoms with Gasteiger partial charge in [-0.25, -0.2) is 14.6 Å². The molecule has 1 spiro atoms. The van der Waals surface area contributed by atoms with Crippen molar-refractivity contribution in [3.8, 4) is 0 Å². The first kappa shape index (κ1) is 23.7. The van der Waals surface area contributed by atoms with Crippen molar-refractivity contribution in [2.75, 3.05) is 0 Å².